The van der Waals surface area contributed by atoms with E-state index >= 15 is 0 Å². The number of aliphatic hydroxyl groups is 1. The number of nitrogens with zero attached hydrogens (tertiary/aromatic N) is 1. The molecular weight excluding hydrogens is 244 g/mol. The molecule has 8 nitrogen and oxygen atoms in total. The number of urea groups is 1. The molecule has 18 heavy (non-hydrogen) atoms. The Bertz CT molecular complexity index is 307. The van der Waals surface area contributed by atoms with Gasteiger partial charge < -0.3 is 25.2 Å². The van der Waals surface area contributed by atoms with Gasteiger partial charge in [-0.15, -0.1) is 0 Å². The molecule has 104 valence electrons. The number of aliphatic carboxylic acids is 1. The molecule has 0 saturated carbocycles. The molecule has 0 fully saturated rings. The van der Waals surface area contributed by atoms with Crippen LogP contribution in [-0.4, -0.2) is 65.9 Å². The van der Waals surface area contributed by atoms with Crippen LogP contribution >= 0.6 is 0 Å². The van der Waals surface area contributed by atoms with Crippen molar-refractivity contribution in [2.24, 2.45) is 0 Å². The lowest BCUT2D eigenvalue weighted by molar-refractivity contribution is -0.146. The fourth-order valence-corrected chi connectivity index (χ4v) is 1.13. The summed E-state index contributed by atoms with van der Waals surface area (Å²) in [6.45, 7) is 1.50. The Morgan fingerprint density at radius 1 is 1.39 bits per heavy atom. The lowest BCUT2D eigenvalue weighted by Crippen LogP contribution is -2.46. The summed E-state index contributed by atoms with van der Waals surface area (Å²) < 4.78 is 4.44. The lowest BCUT2D eigenvalue weighted by Gasteiger charge is -2.21. The first-order chi connectivity index (χ1) is 8.42. The standard InChI is InChI=1S/C10H18N2O6/c1-3-4-12(6-8(14)18-2)10(17)11-5-7(13)9(15)16/h7,13H,3-6H2,1-2H3,(H,11,17)(H,15,16). The van der Waals surface area contributed by atoms with Crippen molar-refractivity contribution in [2.75, 3.05) is 26.7 Å². The molecule has 0 aromatic heterocycles. The van der Waals surface area contributed by atoms with Gasteiger partial charge in [-0.2, -0.15) is 0 Å². The maximum atomic E-state index is 11.6. The summed E-state index contributed by atoms with van der Waals surface area (Å²) in [5.74, 6) is -2.00. The summed E-state index contributed by atoms with van der Waals surface area (Å²) in [7, 11) is 1.21. The van der Waals surface area contributed by atoms with E-state index in [4.69, 9.17) is 10.2 Å². The van der Waals surface area contributed by atoms with Gasteiger partial charge in [0.25, 0.3) is 0 Å². The lowest BCUT2D eigenvalue weighted by atomic mass is 10.3. The maximum absolute atomic E-state index is 11.6. The molecule has 0 aromatic rings. The monoisotopic (exact) mass is 262 g/mol. The predicted molar refractivity (Wildman–Crippen MR) is 60.9 cm³/mol. The molecule has 1 unspecified atom stereocenters. The third kappa shape index (κ3) is 6.04. The average molecular weight is 262 g/mol. The Balaban J connectivity index is 4.29. The Kier molecular flexibility index (Phi) is 7.45. The number of carbonyl (C=O) groups is 3. The molecule has 0 aromatic carbocycles. The zero-order chi connectivity index (χ0) is 14.1. The molecule has 0 rings (SSSR count). The van der Waals surface area contributed by atoms with E-state index in [-0.39, 0.29) is 6.54 Å². The van der Waals surface area contributed by atoms with Gasteiger partial charge in [0.15, 0.2) is 6.10 Å². The minimum Gasteiger partial charge on any atom is -0.479 e. The second-order valence-electron chi connectivity index (χ2n) is 3.54. The second kappa shape index (κ2) is 8.29. The Labute approximate surface area is 105 Å². The molecule has 2 amide bonds. The van der Waals surface area contributed by atoms with Gasteiger partial charge in [-0.3, -0.25) is 4.79 Å². The SMILES string of the molecule is CCCN(CC(=O)OC)C(=O)NCC(O)C(=O)O. The van der Waals surface area contributed by atoms with Gasteiger partial charge in [-0.25, -0.2) is 9.59 Å². The average Bonchev–Trinajstić information content (AvgIpc) is 2.34. The molecule has 3 N–H and O–H groups in total. The third-order valence-corrected chi connectivity index (χ3v) is 2.06. The van der Waals surface area contributed by atoms with Gasteiger partial charge in [0.2, 0.25) is 0 Å². The van der Waals surface area contributed by atoms with E-state index < -0.39 is 30.6 Å². The first-order valence-electron chi connectivity index (χ1n) is 5.42. The van der Waals surface area contributed by atoms with E-state index in [1.807, 2.05) is 6.92 Å². The van der Waals surface area contributed by atoms with Crippen molar-refractivity contribution < 1.29 is 29.3 Å². The second-order valence-corrected chi connectivity index (χ2v) is 3.54. The van der Waals surface area contributed by atoms with Crippen LogP contribution in [0.5, 0.6) is 0 Å². The highest BCUT2D eigenvalue weighted by atomic mass is 16.5. The largest absolute Gasteiger partial charge is 0.479 e. The van der Waals surface area contributed by atoms with Crippen LogP contribution in [-0.2, 0) is 14.3 Å². The summed E-state index contributed by atoms with van der Waals surface area (Å²) in [5.41, 5.74) is 0. The van der Waals surface area contributed by atoms with Crippen LogP contribution in [0.2, 0.25) is 0 Å². The summed E-state index contributed by atoms with van der Waals surface area (Å²) in [4.78, 5) is 34.2. The smallest absolute Gasteiger partial charge is 0.334 e. The minimum absolute atomic E-state index is 0.223. The molecule has 0 saturated heterocycles. The van der Waals surface area contributed by atoms with Crippen molar-refractivity contribution in [1.29, 1.82) is 0 Å². The van der Waals surface area contributed by atoms with Gasteiger partial charge in [0.05, 0.1) is 13.7 Å². The molecule has 0 aliphatic carbocycles. The van der Waals surface area contributed by atoms with E-state index in [1.54, 1.807) is 0 Å². The highest BCUT2D eigenvalue weighted by molar-refractivity contribution is 5.81. The number of nitrogens with one attached hydrogen (secondary N) is 1. The predicted octanol–water partition coefficient (Wildman–Crippen LogP) is -0.973. The molecule has 0 heterocycles. The number of esters is 1. The Morgan fingerprint density at radius 3 is 2.44 bits per heavy atom. The van der Waals surface area contributed by atoms with E-state index in [2.05, 4.69) is 10.1 Å². The fourth-order valence-electron chi connectivity index (χ4n) is 1.13. The number of carboxylic acids is 1. The maximum Gasteiger partial charge on any atom is 0.334 e. The highest BCUT2D eigenvalue weighted by Gasteiger charge is 2.19. The van der Waals surface area contributed by atoms with Crippen molar-refractivity contribution in [1.82, 2.24) is 10.2 Å². The number of aliphatic hydroxyl groups excluding tert-OH is 1. The Morgan fingerprint density at radius 2 is 2.00 bits per heavy atom. The van der Waals surface area contributed by atoms with E-state index in [0.29, 0.717) is 13.0 Å². The summed E-state index contributed by atoms with van der Waals surface area (Å²) in [6.07, 6.45) is -1.04. The fraction of sp³-hybridized carbons (Fsp3) is 0.700. The van der Waals surface area contributed by atoms with Gasteiger partial charge in [-0.1, -0.05) is 6.92 Å². The number of rotatable bonds is 7. The van der Waals surface area contributed by atoms with Crippen LogP contribution in [0, 0.1) is 0 Å². The van der Waals surface area contributed by atoms with Crippen molar-refractivity contribution in [3.05, 3.63) is 0 Å². The number of ether oxygens (including phenoxy) is 1. The summed E-state index contributed by atoms with van der Waals surface area (Å²) >= 11 is 0. The van der Waals surface area contributed by atoms with Crippen LogP contribution in [0.3, 0.4) is 0 Å². The van der Waals surface area contributed by atoms with E-state index in [1.165, 1.54) is 12.0 Å². The quantitative estimate of drug-likeness (QED) is 0.508. The molecule has 8 heteroatoms. The number of hydrogen-bond acceptors (Lipinski definition) is 5. The van der Waals surface area contributed by atoms with Crippen molar-refractivity contribution in [3.63, 3.8) is 0 Å². The summed E-state index contributed by atoms with van der Waals surface area (Å²) in [6, 6.07) is -0.623. The van der Waals surface area contributed by atoms with Crippen molar-refractivity contribution >= 4 is 18.0 Å². The topological polar surface area (TPSA) is 116 Å². The van der Waals surface area contributed by atoms with Gasteiger partial charge >= 0.3 is 18.0 Å². The number of amides is 2. The van der Waals surface area contributed by atoms with Crippen LogP contribution < -0.4 is 5.32 Å². The van der Waals surface area contributed by atoms with Crippen LogP contribution in [0.1, 0.15) is 13.3 Å². The van der Waals surface area contributed by atoms with Crippen LogP contribution in [0.25, 0.3) is 0 Å². The first kappa shape index (κ1) is 16.2. The Hall–Kier alpha value is -1.83. The molecule has 0 aliphatic rings. The van der Waals surface area contributed by atoms with Gasteiger partial charge in [-0.05, 0) is 6.42 Å². The zero-order valence-corrected chi connectivity index (χ0v) is 10.4. The van der Waals surface area contributed by atoms with Crippen LogP contribution in [0.4, 0.5) is 4.79 Å². The van der Waals surface area contributed by atoms with E-state index in [0.717, 1.165) is 0 Å². The third-order valence-electron chi connectivity index (χ3n) is 2.06. The normalized spacial score (nSPS) is 11.5. The van der Waals surface area contributed by atoms with Gasteiger partial charge in [0, 0.05) is 6.54 Å². The zero-order valence-electron chi connectivity index (χ0n) is 10.4. The van der Waals surface area contributed by atoms with Crippen molar-refractivity contribution in [3.8, 4) is 0 Å². The number of carbonyl (C=O) groups excluding carboxylic acids is 2. The molecular formula is C10H18N2O6. The first-order valence-corrected chi connectivity index (χ1v) is 5.42. The number of hydrogen-bond donors (Lipinski definition) is 3. The van der Waals surface area contributed by atoms with Crippen molar-refractivity contribution in [2.45, 2.75) is 19.4 Å². The van der Waals surface area contributed by atoms with Crippen LogP contribution in [0.15, 0.2) is 0 Å². The minimum atomic E-state index is -1.67. The van der Waals surface area contributed by atoms with Gasteiger partial charge in [0.1, 0.15) is 6.54 Å². The molecule has 0 aliphatic heterocycles. The van der Waals surface area contributed by atoms with E-state index in [9.17, 15) is 14.4 Å². The molecule has 0 spiro atoms. The molecule has 0 bridgehead atoms. The number of methoxy groups -OCH3 is 1. The number of carboxylic acid groups (broad SMARTS) is 1. The highest BCUT2D eigenvalue weighted by Crippen LogP contribution is 1.94. The molecule has 0 radical (unpaired) electrons. The molecule has 1 atom stereocenters. The summed E-state index contributed by atoms with van der Waals surface area (Å²) in [5, 5.41) is 19.6.